The molecule has 0 aliphatic heterocycles. The second-order valence-corrected chi connectivity index (χ2v) is 5.23. The lowest BCUT2D eigenvalue weighted by atomic mass is 10.00. The van der Waals surface area contributed by atoms with Crippen molar-refractivity contribution < 1.29 is 9.13 Å². The number of H-pyrrole nitrogens is 1. The third kappa shape index (κ3) is 3.03. The molecule has 2 aromatic carbocycles. The number of ether oxygens (including phenoxy) is 1. The molecule has 4 nitrogen and oxygen atoms in total. The van der Waals surface area contributed by atoms with Gasteiger partial charge in [-0.15, -0.1) is 0 Å². The Balaban J connectivity index is 2.12. The van der Waals surface area contributed by atoms with Gasteiger partial charge in [-0.1, -0.05) is 18.2 Å². The van der Waals surface area contributed by atoms with Gasteiger partial charge in [-0.05, 0) is 43.3 Å². The summed E-state index contributed by atoms with van der Waals surface area (Å²) in [6.45, 7) is 1.75. The predicted octanol–water partition coefficient (Wildman–Crippen LogP) is 4.15. The standard InChI is InChI=1S/C19H13FN2O2/c1-12-10-16(17(11-21)19(23)22-12)15-4-2-3-5-18(15)24-14-8-6-13(20)7-9-14/h2-10H,1H3,(H,22,23). The van der Waals surface area contributed by atoms with Crippen LogP contribution in [0.5, 0.6) is 11.5 Å². The van der Waals surface area contributed by atoms with E-state index in [0.717, 1.165) is 0 Å². The maximum atomic E-state index is 13.0. The molecule has 1 heterocycles. The quantitative estimate of drug-likeness (QED) is 0.788. The summed E-state index contributed by atoms with van der Waals surface area (Å²) in [5.74, 6) is 0.585. The number of nitriles is 1. The molecular weight excluding hydrogens is 307 g/mol. The normalized spacial score (nSPS) is 10.2. The molecule has 3 aromatic rings. The van der Waals surface area contributed by atoms with E-state index in [-0.39, 0.29) is 11.4 Å². The minimum atomic E-state index is -0.441. The highest BCUT2D eigenvalue weighted by molar-refractivity contribution is 5.75. The highest BCUT2D eigenvalue weighted by atomic mass is 19.1. The second-order valence-electron chi connectivity index (χ2n) is 5.23. The van der Waals surface area contributed by atoms with Crippen LogP contribution < -0.4 is 10.3 Å². The van der Waals surface area contributed by atoms with E-state index < -0.39 is 5.56 Å². The van der Waals surface area contributed by atoms with E-state index in [4.69, 9.17) is 4.74 Å². The van der Waals surface area contributed by atoms with Crippen LogP contribution in [0.2, 0.25) is 0 Å². The molecular formula is C19H13FN2O2. The maximum absolute atomic E-state index is 13.0. The summed E-state index contributed by atoms with van der Waals surface area (Å²) < 4.78 is 18.8. The van der Waals surface area contributed by atoms with Crippen molar-refractivity contribution in [2.24, 2.45) is 0 Å². The van der Waals surface area contributed by atoms with E-state index in [1.54, 1.807) is 37.3 Å². The summed E-state index contributed by atoms with van der Waals surface area (Å²) in [6, 6.07) is 16.4. The van der Waals surface area contributed by atoms with Gasteiger partial charge >= 0.3 is 0 Å². The monoisotopic (exact) mass is 320 g/mol. The second kappa shape index (κ2) is 6.39. The average molecular weight is 320 g/mol. The molecule has 0 aliphatic carbocycles. The summed E-state index contributed by atoms with van der Waals surface area (Å²) in [5.41, 5.74) is 1.34. The number of aromatic nitrogens is 1. The van der Waals surface area contributed by atoms with Gasteiger partial charge in [0.05, 0.1) is 0 Å². The van der Waals surface area contributed by atoms with Gasteiger partial charge in [0.15, 0.2) is 0 Å². The van der Waals surface area contributed by atoms with Crippen LogP contribution in [0.1, 0.15) is 11.3 Å². The fraction of sp³-hybridized carbons (Fsp3) is 0.0526. The van der Waals surface area contributed by atoms with Gasteiger partial charge in [0, 0.05) is 16.8 Å². The smallest absolute Gasteiger partial charge is 0.266 e. The number of pyridine rings is 1. The van der Waals surface area contributed by atoms with E-state index >= 15 is 0 Å². The summed E-state index contributed by atoms with van der Waals surface area (Å²) in [5, 5.41) is 9.31. The van der Waals surface area contributed by atoms with Crippen molar-refractivity contribution in [3.8, 4) is 28.7 Å². The number of rotatable bonds is 3. The van der Waals surface area contributed by atoms with Crippen molar-refractivity contribution in [1.82, 2.24) is 4.98 Å². The maximum Gasteiger partial charge on any atom is 0.266 e. The Morgan fingerprint density at radius 2 is 1.79 bits per heavy atom. The summed E-state index contributed by atoms with van der Waals surface area (Å²) in [4.78, 5) is 14.6. The Hall–Kier alpha value is -3.39. The summed E-state index contributed by atoms with van der Waals surface area (Å²) in [7, 11) is 0. The van der Waals surface area contributed by atoms with Crippen LogP contribution in [0.15, 0.2) is 59.4 Å². The van der Waals surface area contributed by atoms with E-state index in [0.29, 0.717) is 28.3 Å². The van der Waals surface area contributed by atoms with Crippen LogP contribution in [-0.4, -0.2) is 4.98 Å². The fourth-order valence-corrected chi connectivity index (χ4v) is 2.42. The van der Waals surface area contributed by atoms with Crippen LogP contribution in [0.4, 0.5) is 4.39 Å². The van der Waals surface area contributed by atoms with Crippen molar-refractivity contribution in [3.05, 3.63) is 82.0 Å². The lowest BCUT2D eigenvalue weighted by Gasteiger charge is -2.12. The number of hydrogen-bond acceptors (Lipinski definition) is 3. The summed E-state index contributed by atoms with van der Waals surface area (Å²) >= 11 is 0. The molecule has 5 heteroatoms. The first-order chi connectivity index (χ1) is 11.6. The van der Waals surface area contributed by atoms with E-state index in [2.05, 4.69) is 4.98 Å². The molecule has 3 rings (SSSR count). The molecule has 0 bridgehead atoms. The molecule has 0 radical (unpaired) electrons. The van der Waals surface area contributed by atoms with Gasteiger partial charge in [0.1, 0.15) is 28.9 Å². The first kappa shape index (κ1) is 15.5. The molecule has 0 fully saturated rings. The fourth-order valence-electron chi connectivity index (χ4n) is 2.42. The Kier molecular flexibility index (Phi) is 4.13. The van der Waals surface area contributed by atoms with Gasteiger partial charge in [-0.2, -0.15) is 5.26 Å². The van der Waals surface area contributed by atoms with Crippen molar-refractivity contribution in [1.29, 1.82) is 5.26 Å². The van der Waals surface area contributed by atoms with Crippen LogP contribution in [0.25, 0.3) is 11.1 Å². The Bertz CT molecular complexity index is 985. The number of aryl methyl sites for hydroxylation is 1. The minimum Gasteiger partial charge on any atom is -0.457 e. The number of nitrogens with one attached hydrogen (secondary N) is 1. The molecule has 0 unspecified atom stereocenters. The van der Waals surface area contributed by atoms with Crippen molar-refractivity contribution in [2.75, 3.05) is 0 Å². The Morgan fingerprint density at radius 1 is 1.08 bits per heavy atom. The zero-order valence-electron chi connectivity index (χ0n) is 12.8. The molecule has 0 atom stereocenters. The largest absolute Gasteiger partial charge is 0.457 e. The van der Waals surface area contributed by atoms with E-state index in [1.165, 1.54) is 24.3 Å². The van der Waals surface area contributed by atoms with Crippen molar-refractivity contribution in [2.45, 2.75) is 6.92 Å². The first-order valence-electron chi connectivity index (χ1n) is 7.25. The number of aromatic amines is 1. The topological polar surface area (TPSA) is 65.9 Å². The zero-order chi connectivity index (χ0) is 17.1. The molecule has 1 N–H and O–H groups in total. The Labute approximate surface area is 137 Å². The van der Waals surface area contributed by atoms with Crippen LogP contribution in [0, 0.1) is 24.1 Å². The number of halogens is 1. The molecule has 118 valence electrons. The van der Waals surface area contributed by atoms with E-state index in [9.17, 15) is 14.4 Å². The minimum absolute atomic E-state index is 0.0238. The highest BCUT2D eigenvalue weighted by Gasteiger charge is 2.14. The molecule has 0 amide bonds. The molecule has 0 saturated heterocycles. The van der Waals surface area contributed by atoms with Gasteiger partial charge in [-0.25, -0.2) is 4.39 Å². The summed E-state index contributed by atoms with van der Waals surface area (Å²) in [6.07, 6.45) is 0. The van der Waals surface area contributed by atoms with E-state index in [1.807, 2.05) is 6.07 Å². The van der Waals surface area contributed by atoms with Crippen LogP contribution >= 0.6 is 0 Å². The molecule has 0 spiro atoms. The van der Waals surface area contributed by atoms with Gasteiger partial charge in [-0.3, -0.25) is 4.79 Å². The SMILES string of the molecule is Cc1cc(-c2ccccc2Oc2ccc(F)cc2)c(C#N)c(=O)[nH]1. The zero-order valence-corrected chi connectivity index (χ0v) is 12.8. The Morgan fingerprint density at radius 3 is 2.50 bits per heavy atom. The number of nitrogens with zero attached hydrogens (tertiary/aromatic N) is 1. The molecule has 1 aromatic heterocycles. The van der Waals surface area contributed by atoms with Gasteiger partial charge in [0.2, 0.25) is 0 Å². The van der Waals surface area contributed by atoms with Crippen LogP contribution in [-0.2, 0) is 0 Å². The molecule has 0 aliphatic rings. The average Bonchev–Trinajstić information content (AvgIpc) is 2.57. The molecule has 24 heavy (non-hydrogen) atoms. The third-order valence-corrected chi connectivity index (χ3v) is 3.50. The van der Waals surface area contributed by atoms with Crippen molar-refractivity contribution in [3.63, 3.8) is 0 Å². The highest BCUT2D eigenvalue weighted by Crippen LogP contribution is 2.34. The van der Waals surface area contributed by atoms with Crippen molar-refractivity contribution >= 4 is 0 Å². The van der Waals surface area contributed by atoms with Gasteiger partial charge < -0.3 is 9.72 Å². The predicted molar refractivity (Wildman–Crippen MR) is 88.4 cm³/mol. The first-order valence-corrected chi connectivity index (χ1v) is 7.25. The number of hydrogen-bond donors (Lipinski definition) is 1. The lowest BCUT2D eigenvalue weighted by molar-refractivity contribution is 0.482. The molecule has 0 saturated carbocycles. The number of benzene rings is 2. The van der Waals surface area contributed by atoms with Gasteiger partial charge in [0.25, 0.3) is 5.56 Å². The lowest BCUT2D eigenvalue weighted by Crippen LogP contribution is -2.12. The van der Waals surface area contributed by atoms with Crippen LogP contribution in [0.3, 0.4) is 0 Å². The third-order valence-electron chi connectivity index (χ3n) is 3.50. The number of para-hydroxylation sites is 1.